The van der Waals surface area contributed by atoms with Gasteiger partial charge in [-0.25, -0.2) is 0 Å². The number of amides is 1. The molecule has 1 aliphatic heterocycles. The molecule has 1 heterocycles. The first-order valence-electron chi connectivity index (χ1n) is 7.15. The fraction of sp³-hybridized carbons (Fsp3) is 0.562. The van der Waals surface area contributed by atoms with Crippen molar-refractivity contribution in [1.82, 2.24) is 4.90 Å². The van der Waals surface area contributed by atoms with E-state index in [0.717, 1.165) is 10.0 Å². The van der Waals surface area contributed by atoms with Crippen LogP contribution in [0.2, 0.25) is 0 Å². The molecule has 0 aliphatic carbocycles. The van der Waals surface area contributed by atoms with Crippen molar-refractivity contribution in [3.8, 4) is 0 Å². The standard InChI is InChI=1S/C16H22BrNO2/c1-12(2)15(19)18-9-7-16(20,8-10-18)11-13-3-5-14(17)6-4-13/h3-6,12,20H,7-11H2,1-2H3. The Morgan fingerprint density at radius 1 is 1.30 bits per heavy atom. The van der Waals surface area contributed by atoms with Crippen molar-refractivity contribution in [2.24, 2.45) is 5.92 Å². The van der Waals surface area contributed by atoms with Gasteiger partial charge in [0.2, 0.25) is 5.91 Å². The van der Waals surface area contributed by atoms with Gasteiger partial charge in [0.25, 0.3) is 0 Å². The highest BCUT2D eigenvalue weighted by molar-refractivity contribution is 9.10. The molecule has 1 N–H and O–H groups in total. The molecule has 110 valence electrons. The molecule has 1 aliphatic rings. The summed E-state index contributed by atoms with van der Waals surface area (Å²) >= 11 is 3.41. The minimum absolute atomic E-state index is 0.0349. The van der Waals surface area contributed by atoms with E-state index in [4.69, 9.17) is 0 Å². The van der Waals surface area contributed by atoms with Crippen molar-refractivity contribution >= 4 is 21.8 Å². The minimum Gasteiger partial charge on any atom is -0.389 e. The molecule has 2 rings (SSSR count). The van der Waals surface area contributed by atoms with Crippen LogP contribution in [-0.2, 0) is 11.2 Å². The second kappa shape index (κ2) is 6.27. The molecule has 3 nitrogen and oxygen atoms in total. The van der Waals surface area contributed by atoms with Crippen LogP contribution in [0, 0.1) is 5.92 Å². The van der Waals surface area contributed by atoms with Crippen molar-refractivity contribution in [3.05, 3.63) is 34.3 Å². The third-order valence-corrected chi connectivity index (χ3v) is 4.47. The van der Waals surface area contributed by atoms with Gasteiger partial charge in [-0.15, -0.1) is 0 Å². The molecule has 1 fully saturated rings. The number of carbonyl (C=O) groups excluding carboxylic acids is 1. The van der Waals surface area contributed by atoms with Crippen molar-refractivity contribution in [2.45, 2.75) is 38.7 Å². The van der Waals surface area contributed by atoms with E-state index in [-0.39, 0.29) is 11.8 Å². The Morgan fingerprint density at radius 2 is 1.85 bits per heavy atom. The van der Waals surface area contributed by atoms with Crippen LogP contribution in [0.1, 0.15) is 32.3 Å². The Labute approximate surface area is 129 Å². The number of halogens is 1. The van der Waals surface area contributed by atoms with Gasteiger partial charge in [-0.3, -0.25) is 4.79 Å². The number of benzene rings is 1. The number of aliphatic hydroxyl groups is 1. The van der Waals surface area contributed by atoms with Crippen LogP contribution in [0.5, 0.6) is 0 Å². The lowest BCUT2D eigenvalue weighted by atomic mass is 9.85. The average molecular weight is 340 g/mol. The highest BCUT2D eigenvalue weighted by Gasteiger charge is 2.34. The second-order valence-corrected chi connectivity index (χ2v) is 6.92. The molecular weight excluding hydrogens is 318 g/mol. The van der Waals surface area contributed by atoms with E-state index >= 15 is 0 Å². The van der Waals surface area contributed by atoms with Crippen LogP contribution in [0.3, 0.4) is 0 Å². The summed E-state index contributed by atoms with van der Waals surface area (Å²) < 4.78 is 1.05. The van der Waals surface area contributed by atoms with E-state index in [2.05, 4.69) is 15.9 Å². The summed E-state index contributed by atoms with van der Waals surface area (Å²) in [6.07, 6.45) is 1.97. The zero-order chi connectivity index (χ0) is 14.8. The maximum atomic E-state index is 11.9. The molecule has 0 spiro atoms. The summed E-state index contributed by atoms with van der Waals surface area (Å²) in [5.41, 5.74) is 0.459. The fourth-order valence-corrected chi connectivity index (χ4v) is 2.93. The molecule has 0 atom stereocenters. The van der Waals surface area contributed by atoms with Gasteiger partial charge < -0.3 is 10.0 Å². The number of carbonyl (C=O) groups is 1. The maximum Gasteiger partial charge on any atom is 0.225 e. The van der Waals surface area contributed by atoms with Gasteiger partial charge in [-0.1, -0.05) is 41.9 Å². The van der Waals surface area contributed by atoms with E-state index in [1.807, 2.05) is 43.0 Å². The first-order chi connectivity index (χ1) is 9.39. The second-order valence-electron chi connectivity index (χ2n) is 6.01. The van der Waals surface area contributed by atoms with Crippen LogP contribution in [0.15, 0.2) is 28.7 Å². The van der Waals surface area contributed by atoms with Gasteiger partial charge in [-0.05, 0) is 30.5 Å². The lowest BCUT2D eigenvalue weighted by molar-refractivity contribution is -0.138. The van der Waals surface area contributed by atoms with Gasteiger partial charge in [0.1, 0.15) is 0 Å². The van der Waals surface area contributed by atoms with Gasteiger partial charge >= 0.3 is 0 Å². The lowest BCUT2D eigenvalue weighted by Crippen LogP contribution is -2.48. The summed E-state index contributed by atoms with van der Waals surface area (Å²) in [7, 11) is 0. The van der Waals surface area contributed by atoms with Crippen LogP contribution >= 0.6 is 15.9 Å². The van der Waals surface area contributed by atoms with Gasteiger partial charge in [0.05, 0.1) is 5.60 Å². The van der Waals surface area contributed by atoms with Crippen LogP contribution in [0.25, 0.3) is 0 Å². The largest absolute Gasteiger partial charge is 0.389 e. The summed E-state index contributed by atoms with van der Waals surface area (Å²) in [5.74, 6) is 0.225. The maximum absolute atomic E-state index is 11.9. The molecular formula is C16H22BrNO2. The van der Waals surface area contributed by atoms with Crippen LogP contribution in [0.4, 0.5) is 0 Å². The normalized spacial score (nSPS) is 18.4. The molecule has 0 radical (unpaired) electrons. The van der Waals surface area contributed by atoms with E-state index in [1.165, 1.54) is 0 Å². The molecule has 1 saturated heterocycles. The molecule has 4 heteroatoms. The summed E-state index contributed by atoms with van der Waals surface area (Å²) in [4.78, 5) is 13.8. The Hall–Kier alpha value is -0.870. The lowest BCUT2D eigenvalue weighted by Gasteiger charge is -2.39. The van der Waals surface area contributed by atoms with Crippen LogP contribution < -0.4 is 0 Å². The Balaban J connectivity index is 1.94. The van der Waals surface area contributed by atoms with Gasteiger partial charge in [0, 0.05) is 29.9 Å². The summed E-state index contributed by atoms with van der Waals surface area (Å²) in [5, 5.41) is 10.7. The quantitative estimate of drug-likeness (QED) is 0.919. The molecule has 0 aromatic heterocycles. The molecule has 20 heavy (non-hydrogen) atoms. The molecule has 0 bridgehead atoms. The van der Waals surface area contributed by atoms with Crippen LogP contribution in [-0.4, -0.2) is 34.6 Å². The van der Waals surface area contributed by atoms with Crippen molar-refractivity contribution in [2.75, 3.05) is 13.1 Å². The van der Waals surface area contributed by atoms with E-state index < -0.39 is 5.60 Å². The van der Waals surface area contributed by atoms with Crippen molar-refractivity contribution < 1.29 is 9.90 Å². The SMILES string of the molecule is CC(C)C(=O)N1CCC(O)(Cc2ccc(Br)cc2)CC1. The minimum atomic E-state index is -0.679. The zero-order valence-electron chi connectivity index (χ0n) is 12.1. The van der Waals surface area contributed by atoms with E-state index in [1.54, 1.807) is 0 Å². The van der Waals surface area contributed by atoms with Gasteiger partial charge in [0.15, 0.2) is 0 Å². The Bertz CT molecular complexity index is 462. The van der Waals surface area contributed by atoms with Crippen molar-refractivity contribution in [1.29, 1.82) is 0 Å². The third kappa shape index (κ3) is 3.83. The first-order valence-corrected chi connectivity index (χ1v) is 7.94. The van der Waals surface area contributed by atoms with Crippen molar-refractivity contribution in [3.63, 3.8) is 0 Å². The highest BCUT2D eigenvalue weighted by atomic mass is 79.9. The molecule has 1 aromatic rings. The number of rotatable bonds is 3. The number of piperidine rings is 1. The highest BCUT2D eigenvalue weighted by Crippen LogP contribution is 2.27. The van der Waals surface area contributed by atoms with Gasteiger partial charge in [-0.2, -0.15) is 0 Å². The summed E-state index contributed by atoms with van der Waals surface area (Å²) in [6, 6.07) is 8.06. The molecule has 0 unspecified atom stereocenters. The smallest absolute Gasteiger partial charge is 0.225 e. The Kier molecular flexibility index (Phi) is 4.86. The zero-order valence-corrected chi connectivity index (χ0v) is 13.7. The fourth-order valence-electron chi connectivity index (χ4n) is 2.67. The predicted octanol–water partition coefficient (Wildman–Crippen LogP) is 3.00. The topological polar surface area (TPSA) is 40.5 Å². The third-order valence-electron chi connectivity index (χ3n) is 3.95. The number of hydrogen-bond donors (Lipinski definition) is 1. The summed E-state index contributed by atoms with van der Waals surface area (Å²) in [6.45, 7) is 5.16. The predicted molar refractivity (Wildman–Crippen MR) is 83.4 cm³/mol. The number of likely N-dealkylation sites (tertiary alicyclic amines) is 1. The average Bonchev–Trinajstić information content (AvgIpc) is 2.41. The van der Waals surface area contributed by atoms with E-state index in [9.17, 15) is 9.90 Å². The first kappa shape index (κ1) is 15.5. The number of hydrogen-bond acceptors (Lipinski definition) is 2. The number of nitrogens with zero attached hydrogens (tertiary/aromatic N) is 1. The molecule has 1 aromatic carbocycles. The molecule has 1 amide bonds. The Morgan fingerprint density at radius 3 is 2.35 bits per heavy atom. The molecule has 0 saturated carbocycles. The monoisotopic (exact) mass is 339 g/mol. The van der Waals surface area contributed by atoms with E-state index in [0.29, 0.717) is 32.4 Å².